The van der Waals surface area contributed by atoms with E-state index < -0.39 is 17.0 Å². The predicted octanol–water partition coefficient (Wildman–Crippen LogP) is 2.29. The summed E-state index contributed by atoms with van der Waals surface area (Å²) < 4.78 is 10.3. The van der Waals surface area contributed by atoms with Gasteiger partial charge >= 0.3 is 11.9 Å². The van der Waals surface area contributed by atoms with E-state index in [1.807, 2.05) is 0 Å². The summed E-state index contributed by atoms with van der Waals surface area (Å²) in [5, 5.41) is 14.8. The molecular weight excluding hydrogens is 370 g/mol. The lowest BCUT2D eigenvalue weighted by molar-refractivity contribution is -0.402. The first kappa shape index (κ1) is 22.5. The molecule has 0 aliphatic heterocycles. The minimum atomic E-state index is -1.75. The van der Waals surface area contributed by atoms with Crippen LogP contribution in [-0.2, 0) is 9.47 Å². The molecule has 0 fully saturated rings. The molecule has 2 rings (SSSR count). The molecule has 0 radical (unpaired) electrons. The van der Waals surface area contributed by atoms with Crippen molar-refractivity contribution in [2.24, 2.45) is 0 Å². The molecule has 0 aliphatic carbocycles. The smallest absolute Gasteiger partial charge is 0.340 e. The molecule has 10 nitrogen and oxygen atoms in total. The first-order valence-corrected chi connectivity index (χ1v) is 8.37. The fraction of sp³-hybridized carbons (Fsp3) is 0.333. The molecule has 150 valence electrons. The summed E-state index contributed by atoms with van der Waals surface area (Å²) in [5.74, 6) is -1.01. The van der Waals surface area contributed by atoms with E-state index in [1.54, 1.807) is 52.2 Å². The molecule has 2 aromatic heterocycles. The first-order valence-electron chi connectivity index (χ1n) is 8.37. The molecule has 1 N–H and O–H groups in total. The summed E-state index contributed by atoms with van der Waals surface area (Å²) in [6.07, 6.45) is 3.45. The Labute approximate surface area is 161 Å². The Morgan fingerprint density at radius 1 is 1.00 bits per heavy atom. The third-order valence-electron chi connectivity index (χ3n) is 3.53. The van der Waals surface area contributed by atoms with Crippen LogP contribution in [0.1, 0.15) is 46.0 Å². The first-order chi connectivity index (χ1) is 13.2. The van der Waals surface area contributed by atoms with E-state index in [0.717, 1.165) is 0 Å². The lowest BCUT2D eigenvalue weighted by atomic mass is 9.93. The van der Waals surface area contributed by atoms with Crippen molar-refractivity contribution in [3.8, 4) is 11.1 Å². The fourth-order valence-electron chi connectivity index (χ4n) is 2.60. The van der Waals surface area contributed by atoms with E-state index in [2.05, 4.69) is 9.97 Å². The summed E-state index contributed by atoms with van der Waals surface area (Å²) in [4.78, 5) is 40.5. The fourth-order valence-corrected chi connectivity index (χ4v) is 2.60. The number of rotatable bonds is 5. The van der Waals surface area contributed by atoms with Gasteiger partial charge in [-0.05, 0) is 33.3 Å². The molecule has 10 heteroatoms. The van der Waals surface area contributed by atoms with Crippen LogP contribution in [0.2, 0.25) is 0 Å². The van der Waals surface area contributed by atoms with Gasteiger partial charge in [-0.1, -0.05) is 0 Å². The molecule has 2 aromatic rings. The van der Waals surface area contributed by atoms with Gasteiger partial charge in [0.1, 0.15) is 0 Å². The van der Waals surface area contributed by atoms with Crippen molar-refractivity contribution in [2.75, 3.05) is 13.2 Å². The minimum Gasteiger partial charge on any atom is -0.462 e. The summed E-state index contributed by atoms with van der Waals surface area (Å²) >= 11 is 0. The van der Waals surface area contributed by atoms with Crippen LogP contribution in [0.4, 0.5) is 0 Å². The highest BCUT2D eigenvalue weighted by molar-refractivity contribution is 6.07. The highest BCUT2D eigenvalue weighted by atomic mass is 16.9. The third-order valence-corrected chi connectivity index (χ3v) is 3.53. The van der Waals surface area contributed by atoms with Gasteiger partial charge in [0.05, 0.1) is 40.8 Å². The average molecular weight is 391 g/mol. The molecule has 0 unspecified atom stereocenters. The van der Waals surface area contributed by atoms with E-state index in [9.17, 15) is 9.59 Å². The lowest BCUT2D eigenvalue weighted by Crippen LogP contribution is -2.17. The quantitative estimate of drug-likeness (QED) is 0.428. The Hall–Kier alpha value is -3.56. The molecule has 0 aromatic carbocycles. The van der Waals surface area contributed by atoms with Crippen molar-refractivity contribution < 1.29 is 29.1 Å². The second-order valence-electron chi connectivity index (χ2n) is 5.36. The molecular formula is C18H21N3O7. The highest BCUT2D eigenvalue weighted by Gasteiger charge is 2.27. The lowest BCUT2D eigenvalue weighted by Gasteiger charge is -2.17. The zero-order valence-electron chi connectivity index (χ0n) is 16.0. The second-order valence-corrected chi connectivity index (χ2v) is 5.36. The molecule has 0 aliphatic rings. The summed E-state index contributed by atoms with van der Waals surface area (Å²) in [5.41, 5.74) is 2.82. The Morgan fingerprint density at radius 2 is 1.39 bits per heavy atom. The molecule has 0 spiro atoms. The highest BCUT2D eigenvalue weighted by Crippen LogP contribution is 2.32. The van der Waals surface area contributed by atoms with Crippen molar-refractivity contribution in [1.82, 2.24) is 4.98 Å². The maximum atomic E-state index is 12.5. The number of carbonyl (C=O) groups is 2. The SMILES string of the molecule is CCOC(=O)c1c(C)nc(C)c(C(=O)OCC)c1-c1cc[nH+]cc1.O=[N+]([O-])[O-]. The molecule has 2 heterocycles. The number of pyridine rings is 2. The molecule has 0 bridgehead atoms. The van der Waals surface area contributed by atoms with Crippen molar-refractivity contribution in [3.63, 3.8) is 0 Å². The van der Waals surface area contributed by atoms with Crippen molar-refractivity contribution in [1.29, 1.82) is 0 Å². The number of hydrogen-bond donors (Lipinski definition) is 0. The number of nitrogens with one attached hydrogen (secondary N) is 1. The van der Waals surface area contributed by atoms with Crippen LogP contribution in [0.3, 0.4) is 0 Å². The Bertz CT molecular complexity index is 808. The average Bonchev–Trinajstić information content (AvgIpc) is 2.61. The number of aromatic nitrogens is 2. The van der Waals surface area contributed by atoms with Crippen LogP contribution in [-0.4, -0.2) is 35.2 Å². The van der Waals surface area contributed by atoms with Gasteiger partial charge in [-0.15, -0.1) is 0 Å². The number of aromatic amines is 1. The Balaban J connectivity index is 0.000000892. The molecule has 28 heavy (non-hydrogen) atoms. The van der Waals surface area contributed by atoms with Gasteiger partial charge in [-0.3, -0.25) is 4.98 Å². The van der Waals surface area contributed by atoms with Gasteiger partial charge in [0.25, 0.3) is 0 Å². The summed E-state index contributed by atoms with van der Waals surface area (Å²) in [7, 11) is 0. The Kier molecular flexibility index (Phi) is 8.47. The van der Waals surface area contributed by atoms with Gasteiger partial charge in [0.15, 0.2) is 12.4 Å². The number of hydrogen-bond acceptors (Lipinski definition) is 8. The minimum absolute atomic E-state index is 0.239. The molecule has 0 atom stereocenters. The zero-order valence-corrected chi connectivity index (χ0v) is 16.0. The molecule has 0 saturated heterocycles. The topological polar surface area (TPSA) is 146 Å². The van der Waals surface area contributed by atoms with E-state index in [1.165, 1.54) is 0 Å². The monoisotopic (exact) mass is 391 g/mol. The van der Waals surface area contributed by atoms with Gasteiger partial charge in [0, 0.05) is 17.7 Å². The number of ether oxygens (including phenoxy) is 2. The normalized spacial score (nSPS) is 9.71. The van der Waals surface area contributed by atoms with Gasteiger partial charge in [-0.25, -0.2) is 14.6 Å². The maximum absolute atomic E-state index is 12.5. The van der Waals surface area contributed by atoms with Crippen molar-refractivity contribution >= 4 is 11.9 Å². The number of aryl methyl sites for hydroxylation is 2. The van der Waals surface area contributed by atoms with Gasteiger partial charge in [-0.2, -0.15) is 0 Å². The van der Waals surface area contributed by atoms with Crippen LogP contribution >= 0.6 is 0 Å². The van der Waals surface area contributed by atoms with Gasteiger partial charge in [0.2, 0.25) is 0 Å². The largest absolute Gasteiger partial charge is 0.462 e. The number of nitrogens with zero attached hydrogens (tertiary/aromatic N) is 2. The van der Waals surface area contributed by atoms with E-state index in [4.69, 9.17) is 24.8 Å². The molecule has 0 saturated carbocycles. The third kappa shape index (κ3) is 5.73. The Morgan fingerprint density at radius 3 is 1.75 bits per heavy atom. The van der Waals surface area contributed by atoms with E-state index in [0.29, 0.717) is 22.5 Å². The standard InChI is InChI=1S/C18H20N2O4.NO3/c1-5-23-17(21)14-11(3)20-12(4)15(18(22)24-6-2)16(14)13-7-9-19-10-8-13;2-1(3)4/h7-10H,5-6H2,1-4H3;/q;-1/p+1. The van der Waals surface area contributed by atoms with Crippen molar-refractivity contribution in [3.05, 3.63) is 62.4 Å². The van der Waals surface area contributed by atoms with Crippen LogP contribution in [0.25, 0.3) is 11.1 Å². The predicted molar refractivity (Wildman–Crippen MR) is 98.0 cm³/mol. The van der Waals surface area contributed by atoms with Crippen LogP contribution in [0, 0.1) is 29.2 Å². The number of carbonyl (C=O) groups excluding carboxylic acids is 2. The molecule has 0 amide bonds. The van der Waals surface area contributed by atoms with Gasteiger partial charge < -0.3 is 24.8 Å². The summed E-state index contributed by atoms with van der Waals surface area (Å²) in [6, 6.07) is 3.58. The van der Waals surface area contributed by atoms with E-state index >= 15 is 0 Å². The van der Waals surface area contributed by atoms with Crippen LogP contribution in [0.5, 0.6) is 0 Å². The van der Waals surface area contributed by atoms with E-state index in [-0.39, 0.29) is 24.3 Å². The maximum Gasteiger partial charge on any atom is 0.340 e. The number of esters is 2. The van der Waals surface area contributed by atoms with Crippen LogP contribution in [0.15, 0.2) is 24.5 Å². The summed E-state index contributed by atoms with van der Waals surface area (Å²) in [6.45, 7) is 7.40. The zero-order chi connectivity index (χ0) is 21.3. The number of H-pyrrole nitrogens is 1. The van der Waals surface area contributed by atoms with Crippen LogP contribution < -0.4 is 4.98 Å². The van der Waals surface area contributed by atoms with Crippen molar-refractivity contribution in [2.45, 2.75) is 27.7 Å². The second kappa shape index (κ2) is 10.6.